The summed E-state index contributed by atoms with van der Waals surface area (Å²) in [6, 6.07) is 6.33. The van der Waals surface area contributed by atoms with Gasteiger partial charge in [-0.2, -0.15) is 0 Å². The Bertz CT molecular complexity index is 471. The summed E-state index contributed by atoms with van der Waals surface area (Å²) in [6.07, 6.45) is 0.939. The monoisotopic (exact) mass is 286 g/mol. The van der Waals surface area contributed by atoms with Gasteiger partial charge in [0.2, 0.25) is 10.0 Å². The SMILES string of the molecule is CCC(C)CNS(=O)(=O)c1ccc(OCCN)cc1. The van der Waals surface area contributed by atoms with Crippen molar-refractivity contribution in [2.75, 3.05) is 19.7 Å². The van der Waals surface area contributed by atoms with Crippen LogP contribution in [0.25, 0.3) is 0 Å². The Hall–Kier alpha value is -1.11. The van der Waals surface area contributed by atoms with Crippen molar-refractivity contribution >= 4 is 10.0 Å². The smallest absolute Gasteiger partial charge is 0.240 e. The van der Waals surface area contributed by atoms with E-state index in [0.29, 0.717) is 31.4 Å². The lowest BCUT2D eigenvalue weighted by atomic mass is 10.1. The van der Waals surface area contributed by atoms with Crippen molar-refractivity contribution in [2.45, 2.75) is 25.2 Å². The molecule has 1 atom stereocenters. The molecule has 0 saturated carbocycles. The Morgan fingerprint density at radius 1 is 1.32 bits per heavy atom. The molecular weight excluding hydrogens is 264 g/mol. The fraction of sp³-hybridized carbons (Fsp3) is 0.538. The Labute approximate surface area is 115 Å². The summed E-state index contributed by atoms with van der Waals surface area (Å²) in [5.74, 6) is 0.938. The minimum atomic E-state index is -3.43. The van der Waals surface area contributed by atoms with Gasteiger partial charge in [-0.25, -0.2) is 13.1 Å². The third-order valence-electron chi connectivity index (χ3n) is 2.84. The highest BCUT2D eigenvalue weighted by Crippen LogP contribution is 2.16. The van der Waals surface area contributed by atoms with Gasteiger partial charge in [0.05, 0.1) is 4.90 Å². The van der Waals surface area contributed by atoms with Gasteiger partial charge in [0.15, 0.2) is 0 Å². The molecule has 0 bridgehead atoms. The number of hydrogen-bond acceptors (Lipinski definition) is 4. The van der Waals surface area contributed by atoms with E-state index >= 15 is 0 Å². The summed E-state index contributed by atoms with van der Waals surface area (Å²) in [5.41, 5.74) is 5.33. The first-order chi connectivity index (χ1) is 8.99. The van der Waals surface area contributed by atoms with Gasteiger partial charge in [0, 0.05) is 13.1 Å². The maximum Gasteiger partial charge on any atom is 0.240 e. The second-order valence-corrected chi connectivity index (χ2v) is 6.24. The van der Waals surface area contributed by atoms with E-state index in [1.165, 1.54) is 12.1 Å². The molecule has 3 N–H and O–H groups in total. The van der Waals surface area contributed by atoms with E-state index in [-0.39, 0.29) is 4.90 Å². The number of nitrogens with two attached hydrogens (primary N) is 1. The van der Waals surface area contributed by atoms with Gasteiger partial charge in [-0.15, -0.1) is 0 Å². The first-order valence-corrected chi connectivity index (χ1v) is 7.90. The van der Waals surface area contributed by atoms with Gasteiger partial charge in [-0.3, -0.25) is 0 Å². The minimum absolute atomic E-state index is 0.246. The quantitative estimate of drug-likeness (QED) is 0.756. The highest BCUT2D eigenvalue weighted by atomic mass is 32.2. The first kappa shape index (κ1) is 15.9. The largest absolute Gasteiger partial charge is 0.492 e. The van der Waals surface area contributed by atoms with Gasteiger partial charge in [-0.1, -0.05) is 20.3 Å². The topological polar surface area (TPSA) is 81.4 Å². The van der Waals surface area contributed by atoms with Gasteiger partial charge in [0.1, 0.15) is 12.4 Å². The van der Waals surface area contributed by atoms with Crippen molar-refractivity contribution < 1.29 is 13.2 Å². The molecular formula is C13H22N2O3S. The van der Waals surface area contributed by atoms with Crippen LogP contribution in [0.3, 0.4) is 0 Å². The zero-order valence-electron chi connectivity index (χ0n) is 11.4. The highest BCUT2D eigenvalue weighted by Gasteiger charge is 2.14. The standard InChI is InChI=1S/C13H22N2O3S/c1-3-11(2)10-15-19(16,17)13-6-4-12(5-7-13)18-9-8-14/h4-7,11,15H,3,8-10,14H2,1-2H3. The molecule has 1 rings (SSSR count). The lowest BCUT2D eigenvalue weighted by Gasteiger charge is -2.11. The molecule has 0 saturated heterocycles. The van der Waals surface area contributed by atoms with Crippen molar-refractivity contribution in [3.63, 3.8) is 0 Å². The predicted molar refractivity (Wildman–Crippen MR) is 75.6 cm³/mol. The molecule has 1 aromatic carbocycles. The zero-order chi connectivity index (χ0) is 14.3. The van der Waals surface area contributed by atoms with Crippen LogP contribution in [0.5, 0.6) is 5.75 Å². The van der Waals surface area contributed by atoms with Crippen LogP contribution in [0.1, 0.15) is 20.3 Å². The number of sulfonamides is 1. The molecule has 0 aromatic heterocycles. The van der Waals surface area contributed by atoms with Gasteiger partial charge in [0.25, 0.3) is 0 Å². The number of nitrogens with one attached hydrogen (secondary N) is 1. The van der Waals surface area contributed by atoms with Crippen molar-refractivity contribution in [1.82, 2.24) is 4.72 Å². The second-order valence-electron chi connectivity index (χ2n) is 4.47. The van der Waals surface area contributed by atoms with E-state index in [0.717, 1.165) is 6.42 Å². The van der Waals surface area contributed by atoms with Crippen LogP contribution in [0.2, 0.25) is 0 Å². The highest BCUT2D eigenvalue weighted by molar-refractivity contribution is 7.89. The average Bonchev–Trinajstić information content (AvgIpc) is 2.43. The molecule has 1 unspecified atom stereocenters. The average molecular weight is 286 g/mol. The van der Waals surface area contributed by atoms with E-state index in [1.807, 2.05) is 13.8 Å². The molecule has 0 radical (unpaired) electrons. The van der Waals surface area contributed by atoms with Gasteiger partial charge < -0.3 is 10.5 Å². The molecule has 0 aliphatic carbocycles. The minimum Gasteiger partial charge on any atom is -0.492 e. The molecule has 0 amide bonds. The summed E-state index contributed by atoms with van der Waals surface area (Å²) in [7, 11) is -3.43. The van der Waals surface area contributed by atoms with Crippen LogP contribution in [-0.4, -0.2) is 28.1 Å². The summed E-state index contributed by atoms with van der Waals surface area (Å²) in [6.45, 7) is 5.33. The molecule has 0 heterocycles. The Balaban J connectivity index is 2.68. The second kappa shape index (κ2) is 7.47. The maximum absolute atomic E-state index is 12.0. The van der Waals surface area contributed by atoms with E-state index in [4.69, 9.17) is 10.5 Å². The third kappa shape index (κ3) is 5.18. The summed E-state index contributed by atoms with van der Waals surface area (Å²) in [5, 5.41) is 0. The van der Waals surface area contributed by atoms with Gasteiger partial charge in [-0.05, 0) is 30.2 Å². The first-order valence-electron chi connectivity index (χ1n) is 6.42. The van der Waals surface area contributed by atoms with Crippen molar-refractivity contribution in [3.05, 3.63) is 24.3 Å². The lowest BCUT2D eigenvalue weighted by Crippen LogP contribution is -2.28. The van der Waals surface area contributed by atoms with E-state index in [2.05, 4.69) is 4.72 Å². The predicted octanol–water partition coefficient (Wildman–Crippen LogP) is 1.35. The molecule has 0 fully saturated rings. The van der Waals surface area contributed by atoms with Crippen molar-refractivity contribution in [1.29, 1.82) is 0 Å². The fourth-order valence-electron chi connectivity index (χ4n) is 1.37. The molecule has 0 aliphatic heterocycles. The molecule has 19 heavy (non-hydrogen) atoms. The Morgan fingerprint density at radius 3 is 2.47 bits per heavy atom. The number of ether oxygens (including phenoxy) is 1. The fourth-order valence-corrected chi connectivity index (χ4v) is 2.54. The number of hydrogen-bond donors (Lipinski definition) is 2. The third-order valence-corrected chi connectivity index (χ3v) is 4.28. The molecule has 6 heteroatoms. The van der Waals surface area contributed by atoms with Crippen molar-refractivity contribution in [2.24, 2.45) is 11.7 Å². The number of rotatable bonds is 8. The van der Waals surface area contributed by atoms with Crippen LogP contribution in [0.4, 0.5) is 0 Å². The number of benzene rings is 1. The molecule has 108 valence electrons. The van der Waals surface area contributed by atoms with Crippen LogP contribution in [-0.2, 0) is 10.0 Å². The Kier molecular flexibility index (Phi) is 6.27. The summed E-state index contributed by atoms with van der Waals surface area (Å²) >= 11 is 0. The van der Waals surface area contributed by atoms with E-state index < -0.39 is 10.0 Å². The summed E-state index contributed by atoms with van der Waals surface area (Å²) < 4.78 is 31.9. The van der Waals surface area contributed by atoms with Crippen LogP contribution in [0.15, 0.2) is 29.2 Å². The molecule has 1 aromatic rings. The van der Waals surface area contributed by atoms with Crippen LogP contribution >= 0.6 is 0 Å². The lowest BCUT2D eigenvalue weighted by molar-refractivity contribution is 0.328. The Morgan fingerprint density at radius 2 is 1.95 bits per heavy atom. The normalized spacial score (nSPS) is 13.2. The molecule has 0 spiro atoms. The zero-order valence-corrected chi connectivity index (χ0v) is 12.2. The summed E-state index contributed by atoms with van der Waals surface area (Å²) in [4.78, 5) is 0.246. The van der Waals surface area contributed by atoms with E-state index in [9.17, 15) is 8.42 Å². The molecule has 0 aliphatic rings. The molecule has 5 nitrogen and oxygen atoms in total. The van der Waals surface area contributed by atoms with E-state index in [1.54, 1.807) is 12.1 Å². The van der Waals surface area contributed by atoms with Crippen molar-refractivity contribution in [3.8, 4) is 5.75 Å². The van der Waals surface area contributed by atoms with Gasteiger partial charge >= 0.3 is 0 Å². The van der Waals surface area contributed by atoms with Crippen LogP contribution in [0, 0.1) is 5.92 Å². The van der Waals surface area contributed by atoms with Crippen LogP contribution < -0.4 is 15.2 Å². The maximum atomic E-state index is 12.0.